The van der Waals surface area contributed by atoms with Crippen LogP contribution in [0.1, 0.15) is 54.0 Å². The normalized spacial score (nSPS) is 20.0. The maximum atomic E-state index is 13.3. The molecule has 1 amide bonds. The SMILES string of the molecule is Cc1cc(C(CO)OCC2(c3ccccc3)CCN(N3CCCC3=O)CC2)cc(C(F)(F)F)c1. The van der Waals surface area contributed by atoms with Crippen molar-refractivity contribution >= 4 is 5.91 Å². The van der Waals surface area contributed by atoms with Crippen molar-refractivity contribution in [2.24, 2.45) is 0 Å². The Labute approximate surface area is 198 Å². The lowest BCUT2D eigenvalue weighted by Gasteiger charge is -2.45. The Morgan fingerprint density at radius 1 is 1.09 bits per heavy atom. The molecule has 1 atom stereocenters. The van der Waals surface area contributed by atoms with Gasteiger partial charge in [-0.05, 0) is 49.4 Å². The molecule has 0 aromatic heterocycles. The van der Waals surface area contributed by atoms with Crippen LogP contribution in [0.2, 0.25) is 0 Å². The quantitative estimate of drug-likeness (QED) is 0.633. The second-order valence-corrected chi connectivity index (χ2v) is 9.33. The van der Waals surface area contributed by atoms with E-state index < -0.39 is 24.5 Å². The summed E-state index contributed by atoms with van der Waals surface area (Å²) in [6.07, 6.45) is -2.40. The van der Waals surface area contributed by atoms with Gasteiger partial charge in [-0.2, -0.15) is 13.2 Å². The fourth-order valence-electron chi connectivity index (χ4n) is 5.08. The van der Waals surface area contributed by atoms with Crippen LogP contribution < -0.4 is 0 Å². The summed E-state index contributed by atoms with van der Waals surface area (Å²) in [6, 6.07) is 13.7. The minimum Gasteiger partial charge on any atom is -0.393 e. The van der Waals surface area contributed by atoms with Crippen molar-refractivity contribution in [3.8, 4) is 0 Å². The number of carbonyl (C=O) groups excluding carboxylic acids is 1. The molecule has 1 unspecified atom stereocenters. The Bertz CT molecular complexity index is 989. The number of benzene rings is 2. The van der Waals surface area contributed by atoms with Crippen molar-refractivity contribution in [1.82, 2.24) is 10.0 Å². The zero-order valence-corrected chi connectivity index (χ0v) is 19.4. The lowest BCUT2D eigenvalue weighted by Crippen LogP contribution is -2.52. The summed E-state index contributed by atoms with van der Waals surface area (Å²) in [5.41, 5.74) is 0.779. The van der Waals surface area contributed by atoms with Crippen LogP contribution in [0.25, 0.3) is 0 Å². The molecule has 0 saturated carbocycles. The second kappa shape index (κ2) is 10.1. The van der Waals surface area contributed by atoms with Crippen LogP contribution in [0, 0.1) is 6.92 Å². The van der Waals surface area contributed by atoms with Crippen molar-refractivity contribution in [2.45, 2.75) is 50.3 Å². The zero-order chi connectivity index (χ0) is 24.3. The molecule has 1 N–H and O–H groups in total. The van der Waals surface area contributed by atoms with E-state index in [1.807, 2.05) is 35.3 Å². The Hall–Kier alpha value is -2.42. The molecule has 4 rings (SSSR count). The summed E-state index contributed by atoms with van der Waals surface area (Å²) < 4.78 is 46.2. The number of piperidine rings is 1. The number of hydrogen-bond donors (Lipinski definition) is 1. The van der Waals surface area contributed by atoms with E-state index in [4.69, 9.17) is 4.74 Å². The molecular weight excluding hydrogens is 445 g/mol. The number of halogens is 3. The number of aliphatic hydroxyl groups is 1. The molecule has 2 heterocycles. The lowest BCUT2D eigenvalue weighted by atomic mass is 9.73. The number of amides is 1. The smallest absolute Gasteiger partial charge is 0.393 e. The second-order valence-electron chi connectivity index (χ2n) is 9.33. The van der Waals surface area contributed by atoms with Gasteiger partial charge in [-0.3, -0.25) is 9.80 Å². The summed E-state index contributed by atoms with van der Waals surface area (Å²) in [6.45, 7) is 3.58. The highest BCUT2D eigenvalue weighted by Crippen LogP contribution is 2.39. The van der Waals surface area contributed by atoms with Crippen LogP contribution in [0.3, 0.4) is 0 Å². The van der Waals surface area contributed by atoms with Crippen LogP contribution >= 0.6 is 0 Å². The number of nitrogens with zero attached hydrogens (tertiary/aromatic N) is 2. The van der Waals surface area contributed by atoms with Crippen molar-refractivity contribution in [3.63, 3.8) is 0 Å². The third kappa shape index (κ3) is 5.29. The Morgan fingerprint density at radius 2 is 1.79 bits per heavy atom. The summed E-state index contributed by atoms with van der Waals surface area (Å²) in [4.78, 5) is 12.2. The summed E-state index contributed by atoms with van der Waals surface area (Å²) in [5.74, 6) is 0.156. The van der Waals surface area contributed by atoms with E-state index in [2.05, 4.69) is 5.01 Å². The molecule has 2 saturated heterocycles. The standard InChI is InChI=1S/C26H31F3N2O3/c1-19-14-20(16-22(15-19)26(27,28)29)23(17-32)34-18-25(21-6-3-2-4-7-21)9-12-30(13-10-25)31-11-5-8-24(31)33/h2-4,6-7,14-16,23,32H,5,8-13,17-18H2,1H3. The highest BCUT2D eigenvalue weighted by atomic mass is 19.4. The molecule has 2 aromatic rings. The number of aryl methyl sites for hydroxylation is 1. The number of rotatable bonds is 7. The first kappa shape index (κ1) is 24.7. The molecule has 8 heteroatoms. The molecule has 34 heavy (non-hydrogen) atoms. The van der Waals surface area contributed by atoms with Gasteiger partial charge in [0.1, 0.15) is 6.10 Å². The van der Waals surface area contributed by atoms with Gasteiger partial charge in [0.05, 0.1) is 18.8 Å². The van der Waals surface area contributed by atoms with Gasteiger partial charge >= 0.3 is 6.18 Å². The van der Waals surface area contributed by atoms with Crippen LogP contribution in [0.4, 0.5) is 13.2 Å². The Kier molecular flexibility index (Phi) is 7.31. The van der Waals surface area contributed by atoms with E-state index in [1.54, 1.807) is 13.0 Å². The molecule has 0 radical (unpaired) electrons. The van der Waals surface area contributed by atoms with Crippen molar-refractivity contribution < 1.29 is 27.8 Å². The van der Waals surface area contributed by atoms with Crippen LogP contribution in [-0.2, 0) is 21.1 Å². The highest BCUT2D eigenvalue weighted by molar-refractivity contribution is 5.77. The number of alkyl halides is 3. The van der Waals surface area contributed by atoms with E-state index in [9.17, 15) is 23.1 Å². The van der Waals surface area contributed by atoms with Gasteiger partial charge in [-0.1, -0.05) is 42.0 Å². The molecule has 2 aliphatic heterocycles. The average Bonchev–Trinajstić information content (AvgIpc) is 3.25. The molecule has 5 nitrogen and oxygen atoms in total. The van der Waals surface area contributed by atoms with E-state index in [-0.39, 0.29) is 17.9 Å². The van der Waals surface area contributed by atoms with Gasteiger partial charge in [0.2, 0.25) is 5.91 Å². The number of hydrazine groups is 1. The molecule has 0 aliphatic carbocycles. The number of hydrogen-bond acceptors (Lipinski definition) is 4. The van der Waals surface area contributed by atoms with Crippen LogP contribution in [0.5, 0.6) is 0 Å². The van der Waals surface area contributed by atoms with E-state index in [0.29, 0.717) is 30.6 Å². The number of ether oxygens (including phenoxy) is 1. The van der Waals surface area contributed by atoms with Gasteiger partial charge in [-0.15, -0.1) is 0 Å². The average molecular weight is 477 g/mol. The molecule has 2 aliphatic rings. The lowest BCUT2D eigenvalue weighted by molar-refractivity contribution is -0.147. The first-order valence-corrected chi connectivity index (χ1v) is 11.7. The fourth-order valence-corrected chi connectivity index (χ4v) is 5.08. The first-order chi connectivity index (χ1) is 16.2. The molecular formula is C26H31F3N2O3. The molecule has 0 bridgehead atoms. The zero-order valence-electron chi connectivity index (χ0n) is 19.4. The highest BCUT2D eigenvalue weighted by Gasteiger charge is 2.40. The maximum absolute atomic E-state index is 13.3. The third-order valence-corrected chi connectivity index (χ3v) is 7.00. The summed E-state index contributed by atoms with van der Waals surface area (Å²) >= 11 is 0. The van der Waals surface area contributed by atoms with Crippen molar-refractivity contribution in [2.75, 3.05) is 32.8 Å². The predicted octanol–water partition coefficient (Wildman–Crippen LogP) is 4.64. The molecule has 184 valence electrons. The van der Waals surface area contributed by atoms with Gasteiger partial charge in [0.15, 0.2) is 0 Å². The topological polar surface area (TPSA) is 53.0 Å². The molecule has 2 aromatic carbocycles. The molecule has 0 spiro atoms. The fraction of sp³-hybridized carbons (Fsp3) is 0.500. The first-order valence-electron chi connectivity index (χ1n) is 11.7. The Morgan fingerprint density at radius 3 is 2.38 bits per heavy atom. The van der Waals surface area contributed by atoms with Crippen molar-refractivity contribution in [1.29, 1.82) is 0 Å². The van der Waals surface area contributed by atoms with E-state index in [0.717, 1.165) is 43.5 Å². The molecule has 2 fully saturated rings. The number of carbonyl (C=O) groups is 1. The Balaban J connectivity index is 1.54. The predicted molar refractivity (Wildman–Crippen MR) is 122 cm³/mol. The maximum Gasteiger partial charge on any atom is 0.416 e. The number of aliphatic hydroxyl groups excluding tert-OH is 1. The summed E-state index contributed by atoms with van der Waals surface area (Å²) in [5, 5.41) is 14.0. The van der Waals surface area contributed by atoms with Crippen LogP contribution in [-0.4, -0.2) is 53.9 Å². The van der Waals surface area contributed by atoms with E-state index >= 15 is 0 Å². The van der Waals surface area contributed by atoms with Gasteiger partial charge < -0.3 is 9.84 Å². The monoisotopic (exact) mass is 476 g/mol. The van der Waals surface area contributed by atoms with Gasteiger partial charge in [-0.25, -0.2) is 5.01 Å². The van der Waals surface area contributed by atoms with Crippen LogP contribution in [0.15, 0.2) is 48.5 Å². The third-order valence-electron chi connectivity index (χ3n) is 7.00. The van der Waals surface area contributed by atoms with E-state index in [1.165, 1.54) is 0 Å². The largest absolute Gasteiger partial charge is 0.416 e. The van der Waals surface area contributed by atoms with Gasteiger partial charge in [0, 0.05) is 31.5 Å². The van der Waals surface area contributed by atoms with Gasteiger partial charge in [0.25, 0.3) is 0 Å². The minimum atomic E-state index is -4.47. The van der Waals surface area contributed by atoms with Crippen molar-refractivity contribution in [3.05, 3.63) is 70.8 Å². The minimum absolute atomic E-state index is 0.156. The summed E-state index contributed by atoms with van der Waals surface area (Å²) in [7, 11) is 0.